The van der Waals surface area contributed by atoms with Crippen molar-refractivity contribution in [2.45, 2.75) is 46.1 Å². The Morgan fingerprint density at radius 1 is 1.11 bits per heavy atom. The molecule has 8 nitrogen and oxygen atoms in total. The van der Waals surface area contributed by atoms with Gasteiger partial charge in [-0.15, -0.1) is 0 Å². The van der Waals surface area contributed by atoms with Gasteiger partial charge in [-0.3, -0.25) is 4.79 Å². The molecule has 4 atom stereocenters. The first-order valence-corrected chi connectivity index (χ1v) is 14.4. The van der Waals surface area contributed by atoms with E-state index in [4.69, 9.17) is 28.2 Å². The summed E-state index contributed by atoms with van der Waals surface area (Å²) in [5.41, 5.74) is 1.52. The molecule has 0 unspecified atom stereocenters. The van der Waals surface area contributed by atoms with Crippen LogP contribution in [0.25, 0.3) is 0 Å². The molecule has 1 aliphatic heterocycles. The number of fused-ring (bicyclic) bond motifs is 2. The summed E-state index contributed by atoms with van der Waals surface area (Å²) in [7, 11) is 1.71. The zero-order valence-corrected chi connectivity index (χ0v) is 24.5. The number of benzene rings is 1. The highest BCUT2D eigenvalue weighted by Gasteiger charge is 2.64. The van der Waals surface area contributed by atoms with Crippen LogP contribution in [0.5, 0.6) is 0 Å². The predicted octanol–water partition coefficient (Wildman–Crippen LogP) is 5.27. The summed E-state index contributed by atoms with van der Waals surface area (Å²) in [5.74, 6) is 1.73. The Kier molecular flexibility index (Phi) is 7.44. The van der Waals surface area contributed by atoms with Crippen LogP contribution in [0.3, 0.4) is 0 Å². The van der Waals surface area contributed by atoms with Crippen molar-refractivity contribution < 1.29 is 4.79 Å². The van der Waals surface area contributed by atoms with E-state index in [1.165, 1.54) is 0 Å². The van der Waals surface area contributed by atoms with Gasteiger partial charge < -0.3 is 25.8 Å². The van der Waals surface area contributed by atoms with Crippen molar-refractivity contribution in [3.63, 3.8) is 0 Å². The van der Waals surface area contributed by atoms with Crippen molar-refractivity contribution in [3.8, 4) is 0 Å². The molecular formula is C28H39Cl2N7O. The summed E-state index contributed by atoms with van der Waals surface area (Å²) in [6, 6.07) is 5.89. The molecule has 0 spiro atoms. The minimum atomic E-state index is -0.484. The van der Waals surface area contributed by atoms with Gasteiger partial charge in [0.25, 0.3) is 0 Å². The number of piperazine rings is 1. The Morgan fingerprint density at radius 2 is 1.84 bits per heavy atom. The van der Waals surface area contributed by atoms with E-state index in [1.54, 1.807) is 13.2 Å². The molecule has 1 aromatic carbocycles. The molecule has 1 amide bonds. The van der Waals surface area contributed by atoms with E-state index in [9.17, 15) is 4.79 Å². The monoisotopic (exact) mass is 559 g/mol. The Bertz CT molecular complexity index is 1200. The maximum Gasteiger partial charge on any atom is 0.229 e. The first-order valence-electron chi connectivity index (χ1n) is 13.6. The van der Waals surface area contributed by atoms with Crippen molar-refractivity contribution in [2.24, 2.45) is 23.2 Å². The number of halogens is 2. The van der Waals surface area contributed by atoms with Gasteiger partial charge in [0.05, 0.1) is 28.4 Å². The second kappa shape index (κ2) is 10.4. The summed E-state index contributed by atoms with van der Waals surface area (Å²) in [5, 5.41) is 11.0. The Hall–Kier alpha value is -2.29. The fourth-order valence-corrected chi connectivity index (χ4v) is 7.35. The van der Waals surface area contributed by atoms with Crippen LogP contribution in [0, 0.1) is 23.2 Å². The van der Waals surface area contributed by atoms with Gasteiger partial charge in [-0.2, -0.15) is 4.98 Å². The van der Waals surface area contributed by atoms with E-state index >= 15 is 0 Å². The quantitative estimate of drug-likeness (QED) is 0.426. The lowest BCUT2D eigenvalue weighted by Crippen LogP contribution is -2.69. The maximum atomic E-state index is 12.9. The van der Waals surface area contributed by atoms with Crippen LogP contribution in [0.2, 0.25) is 10.0 Å². The van der Waals surface area contributed by atoms with Crippen molar-refractivity contribution in [3.05, 3.63) is 34.4 Å². The van der Waals surface area contributed by atoms with Gasteiger partial charge in [0.1, 0.15) is 5.02 Å². The number of carbonyl (C=O) groups excluding carboxylic acids is 1. The Morgan fingerprint density at radius 3 is 2.50 bits per heavy atom. The molecule has 6 rings (SSSR count). The van der Waals surface area contributed by atoms with E-state index in [2.05, 4.69) is 64.5 Å². The molecule has 38 heavy (non-hydrogen) atoms. The van der Waals surface area contributed by atoms with Crippen LogP contribution < -0.4 is 20.9 Å². The molecule has 1 saturated heterocycles. The molecule has 2 aromatic rings. The number of rotatable bonds is 7. The Balaban J connectivity index is 1.38. The van der Waals surface area contributed by atoms with E-state index in [-0.39, 0.29) is 17.2 Å². The van der Waals surface area contributed by atoms with Crippen LogP contribution in [0.4, 0.5) is 23.1 Å². The van der Waals surface area contributed by atoms with Gasteiger partial charge in [-0.05, 0) is 61.8 Å². The maximum absolute atomic E-state index is 12.9. The summed E-state index contributed by atoms with van der Waals surface area (Å²) in [4.78, 5) is 26.9. The minimum Gasteiger partial charge on any atom is -0.368 e. The number of hydrogen-bond acceptors (Lipinski definition) is 7. The van der Waals surface area contributed by atoms with Gasteiger partial charge in [0.15, 0.2) is 5.82 Å². The molecule has 4 fully saturated rings. The number of aromatic nitrogens is 2. The second-order valence-electron chi connectivity index (χ2n) is 11.7. The number of hydrogen-bond donors (Lipinski definition) is 3. The fourth-order valence-electron chi connectivity index (χ4n) is 6.97. The Labute approximate surface area is 235 Å². The van der Waals surface area contributed by atoms with Crippen molar-refractivity contribution >= 4 is 52.3 Å². The third kappa shape index (κ3) is 4.80. The molecule has 2 bridgehead atoms. The first-order chi connectivity index (χ1) is 18.1. The number of anilines is 4. The molecule has 3 N–H and O–H groups in total. The average Bonchev–Trinajstić information content (AvgIpc) is 2.90. The summed E-state index contributed by atoms with van der Waals surface area (Å²) in [6.45, 7) is 13.9. The molecule has 3 aliphatic carbocycles. The molecule has 0 radical (unpaired) electrons. The fraction of sp³-hybridized carbons (Fsp3) is 0.607. The van der Waals surface area contributed by atoms with E-state index < -0.39 is 5.54 Å². The van der Waals surface area contributed by atoms with Crippen molar-refractivity contribution in [1.82, 2.24) is 20.2 Å². The molecule has 2 heterocycles. The highest BCUT2D eigenvalue weighted by Crippen LogP contribution is 2.65. The van der Waals surface area contributed by atoms with Crippen LogP contribution in [0.15, 0.2) is 24.4 Å². The summed E-state index contributed by atoms with van der Waals surface area (Å²) >= 11 is 13.2. The number of carbonyl (C=O) groups is 1. The highest BCUT2D eigenvalue weighted by molar-refractivity contribution is 6.33. The third-order valence-corrected chi connectivity index (χ3v) is 10.1. The van der Waals surface area contributed by atoms with Gasteiger partial charge in [-0.1, -0.05) is 44.0 Å². The molecule has 206 valence electrons. The van der Waals surface area contributed by atoms with E-state index in [1.807, 2.05) is 12.1 Å². The van der Waals surface area contributed by atoms with Gasteiger partial charge in [-0.25, -0.2) is 4.98 Å². The molecule has 4 aliphatic rings. The molecule has 1 aromatic heterocycles. The topological polar surface area (TPSA) is 85.4 Å². The van der Waals surface area contributed by atoms with Crippen molar-refractivity contribution in [2.75, 3.05) is 55.3 Å². The van der Waals surface area contributed by atoms with Gasteiger partial charge >= 0.3 is 0 Å². The second-order valence-corrected chi connectivity index (χ2v) is 12.5. The molecule has 3 saturated carbocycles. The number of amides is 1. The number of nitrogens with one attached hydrogen (secondary N) is 3. The summed E-state index contributed by atoms with van der Waals surface area (Å²) < 4.78 is 0. The summed E-state index contributed by atoms with van der Waals surface area (Å²) in [6.07, 6.45) is 3.55. The third-order valence-electron chi connectivity index (χ3n) is 9.50. The highest BCUT2D eigenvalue weighted by atomic mass is 35.5. The van der Waals surface area contributed by atoms with Gasteiger partial charge in [0, 0.05) is 38.9 Å². The molecular weight excluding hydrogens is 521 g/mol. The minimum absolute atomic E-state index is 0.0576. The number of nitrogens with zero attached hydrogens (tertiary/aromatic N) is 4. The van der Waals surface area contributed by atoms with E-state index in [0.717, 1.165) is 62.0 Å². The normalized spacial score (nSPS) is 28.4. The average molecular weight is 561 g/mol. The van der Waals surface area contributed by atoms with Gasteiger partial charge in [0.2, 0.25) is 11.9 Å². The van der Waals surface area contributed by atoms with Crippen LogP contribution in [-0.4, -0.2) is 66.1 Å². The SMILES string of the molecule is CCN1CCN(c2cc(Nc3ncc(Cl)c(N[C@@]4(C)[C@@H](C(=O)NC)C[C@H]5C[C@@H]4C5(C)C)n3)ccc2Cl)CC1. The number of likely N-dealkylation sites (N-methyl/N-ethyl adjacent to an activating group) is 1. The smallest absolute Gasteiger partial charge is 0.229 e. The largest absolute Gasteiger partial charge is 0.368 e. The lowest BCUT2D eigenvalue weighted by Gasteiger charge is -2.66. The van der Waals surface area contributed by atoms with Crippen LogP contribution in [0.1, 0.15) is 40.5 Å². The van der Waals surface area contributed by atoms with E-state index in [0.29, 0.717) is 28.6 Å². The molecule has 10 heteroatoms. The first kappa shape index (κ1) is 27.3. The standard InChI is InChI=1S/C28H39Cl2N7O/c1-6-36-9-11-37(12-10-36)22-15-18(7-8-20(22)29)33-26-32-16-21(30)24(34-26)35-28(4)19(25(38)31-5)13-17-14-23(28)27(17,2)3/h7-8,15-17,19,23H,6,9-14H2,1-5H3,(H,31,38)(H2,32,33,34,35)/t17-,19+,23+,28-/m0/s1. The zero-order valence-electron chi connectivity index (χ0n) is 22.9. The predicted molar refractivity (Wildman–Crippen MR) is 156 cm³/mol. The zero-order chi connectivity index (χ0) is 27.2. The van der Waals surface area contributed by atoms with Crippen LogP contribution >= 0.6 is 23.2 Å². The lowest BCUT2D eigenvalue weighted by molar-refractivity contribution is -0.155. The lowest BCUT2D eigenvalue weighted by atomic mass is 9.40. The van der Waals surface area contributed by atoms with Crippen LogP contribution in [-0.2, 0) is 4.79 Å². The van der Waals surface area contributed by atoms with Crippen molar-refractivity contribution in [1.29, 1.82) is 0 Å².